The third kappa shape index (κ3) is 6.95. The first-order valence-corrected chi connectivity index (χ1v) is 10.2. The Morgan fingerprint density at radius 3 is 2.43 bits per heavy atom. The van der Waals surface area contributed by atoms with Gasteiger partial charge in [0.2, 0.25) is 5.91 Å². The first-order chi connectivity index (χ1) is 14.5. The number of anilines is 1. The summed E-state index contributed by atoms with van der Waals surface area (Å²) in [6, 6.07) is 11.1. The van der Waals surface area contributed by atoms with Crippen LogP contribution in [0.3, 0.4) is 0 Å². The van der Waals surface area contributed by atoms with Gasteiger partial charge in [-0.3, -0.25) is 4.79 Å². The molecule has 0 atom stereocenters. The Balaban J connectivity index is 2.11. The zero-order chi connectivity index (χ0) is 21.9. The minimum atomic E-state index is -0.338. The molecule has 0 radical (unpaired) electrons. The Bertz CT molecular complexity index is 859. The first kappa shape index (κ1) is 23.5. The molecule has 6 nitrogen and oxygen atoms in total. The lowest BCUT2D eigenvalue weighted by Gasteiger charge is -2.24. The van der Waals surface area contributed by atoms with Gasteiger partial charge in [0, 0.05) is 18.3 Å². The van der Waals surface area contributed by atoms with E-state index in [1.807, 2.05) is 6.07 Å². The summed E-state index contributed by atoms with van der Waals surface area (Å²) in [5, 5.41) is 3.18. The standard InChI is InChI=1S/C22H28FN3O3S/c1-4-5-6-13-26(18-11-12-19(28-2)20(14-18)29-3)21(27)15-24-22(30)25-17-9-7-16(23)8-10-17/h7-12,14H,4-6,13,15H2,1-3H3,(H2,24,25,30). The van der Waals surface area contributed by atoms with Gasteiger partial charge in [-0.05, 0) is 42.8 Å². The Kier molecular flexibility index (Phi) is 9.47. The van der Waals surface area contributed by atoms with Crippen molar-refractivity contribution in [2.75, 3.05) is 32.2 Å². The molecule has 30 heavy (non-hydrogen) atoms. The normalized spacial score (nSPS) is 11.2. The van der Waals surface area contributed by atoms with Gasteiger partial charge in [-0.1, -0.05) is 19.8 Å². The van der Waals surface area contributed by atoms with E-state index in [2.05, 4.69) is 29.9 Å². The molecule has 0 aliphatic rings. The number of methoxy groups -OCH3 is 2. The third-order valence-corrected chi connectivity index (χ3v) is 4.68. The molecule has 162 valence electrons. The number of amidine groups is 1. The summed E-state index contributed by atoms with van der Waals surface area (Å²) in [5.41, 5.74) is 1.27. The van der Waals surface area contributed by atoms with Crippen molar-refractivity contribution < 1.29 is 18.7 Å². The molecule has 0 unspecified atom stereocenters. The van der Waals surface area contributed by atoms with E-state index >= 15 is 0 Å². The van der Waals surface area contributed by atoms with Gasteiger partial charge in [-0.15, -0.1) is 12.6 Å². The fraction of sp³-hybridized carbons (Fsp3) is 0.364. The van der Waals surface area contributed by atoms with Crippen LogP contribution in [0.4, 0.5) is 15.8 Å². The minimum Gasteiger partial charge on any atom is -0.493 e. The number of nitrogens with one attached hydrogen (secondary N) is 1. The lowest BCUT2D eigenvalue weighted by Crippen LogP contribution is -2.40. The van der Waals surface area contributed by atoms with Crippen LogP contribution >= 0.6 is 12.6 Å². The van der Waals surface area contributed by atoms with Crippen LogP contribution in [0.25, 0.3) is 0 Å². The van der Waals surface area contributed by atoms with Crippen LogP contribution in [-0.2, 0) is 4.79 Å². The largest absolute Gasteiger partial charge is 0.493 e. The molecule has 0 saturated heterocycles. The maximum absolute atomic E-state index is 13.0. The van der Waals surface area contributed by atoms with Crippen LogP contribution < -0.4 is 19.7 Å². The molecule has 0 aromatic heterocycles. The van der Waals surface area contributed by atoms with Crippen molar-refractivity contribution in [3.05, 3.63) is 48.3 Å². The number of benzene rings is 2. The second-order valence-corrected chi connectivity index (χ2v) is 6.98. The summed E-state index contributed by atoms with van der Waals surface area (Å²) in [4.78, 5) is 18.9. The van der Waals surface area contributed by atoms with Gasteiger partial charge in [0.05, 0.1) is 26.5 Å². The molecule has 0 fully saturated rings. The Morgan fingerprint density at radius 1 is 1.10 bits per heavy atom. The smallest absolute Gasteiger partial charge is 0.246 e. The quantitative estimate of drug-likeness (QED) is 0.249. The van der Waals surface area contributed by atoms with Crippen molar-refractivity contribution in [3.8, 4) is 11.5 Å². The molecule has 0 aliphatic heterocycles. The number of hydrogen-bond acceptors (Lipinski definition) is 4. The predicted molar refractivity (Wildman–Crippen MR) is 122 cm³/mol. The number of unbranched alkanes of at least 4 members (excludes halogenated alkanes) is 2. The molecule has 0 saturated carbocycles. The zero-order valence-corrected chi connectivity index (χ0v) is 18.4. The predicted octanol–water partition coefficient (Wildman–Crippen LogP) is 4.57. The zero-order valence-electron chi connectivity index (χ0n) is 17.5. The fourth-order valence-electron chi connectivity index (χ4n) is 2.84. The number of amides is 1. The topological polar surface area (TPSA) is 63.2 Å². The van der Waals surface area contributed by atoms with Crippen molar-refractivity contribution in [1.29, 1.82) is 0 Å². The number of nitrogens with zero attached hydrogens (tertiary/aromatic N) is 2. The SMILES string of the molecule is CCCCCN(C(=O)CNC(S)=Nc1ccc(F)cc1)c1ccc(OC)c(OC)c1. The van der Waals surface area contributed by atoms with Crippen molar-refractivity contribution in [2.45, 2.75) is 26.2 Å². The number of ether oxygens (including phenoxy) is 2. The first-order valence-electron chi connectivity index (χ1n) is 9.78. The molecule has 0 spiro atoms. The molecule has 8 heteroatoms. The van der Waals surface area contributed by atoms with Crippen LogP contribution in [0, 0.1) is 5.82 Å². The van der Waals surface area contributed by atoms with Crippen LogP contribution in [0.15, 0.2) is 47.5 Å². The van der Waals surface area contributed by atoms with Crippen LogP contribution in [0.1, 0.15) is 26.2 Å². The number of carbonyl (C=O) groups is 1. The number of carbonyl (C=O) groups excluding carboxylic acids is 1. The lowest BCUT2D eigenvalue weighted by molar-refractivity contribution is -0.117. The van der Waals surface area contributed by atoms with Gasteiger partial charge in [-0.2, -0.15) is 0 Å². The lowest BCUT2D eigenvalue weighted by atomic mass is 10.2. The van der Waals surface area contributed by atoms with Crippen LogP contribution in [0.2, 0.25) is 0 Å². The maximum atomic E-state index is 13.0. The summed E-state index contributed by atoms with van der Waals surface area (Å²) in [6.07, 6.45) is 2.96. The highest BCUT2D eigenvalue weighted by Crippen LogP contribution is 2.31. The maximum Gasteiger partial charge on any atom is 0.246 e. The summed E-state index contributed by atoms with van der Waals surface area (Å²) in [7, 11) is 3.13. The van der Waals surface area contributed by atoms with Crippen molar-refractivity contribution >= 4 is 35.1 Å². The average molecular weight is 434 g/mol. The van der Waals surface area contributed by atoms with Crippen molar-refractivity contribution in [2.24, 2.45) is 4.99 Å². The molecule has 1 amide bonds. The van der Waals surface area contributed by atoms with Gasteiger partial charge in [0.15, 0.2) is 16.7 Å². The Hall–Kier alpha value is -2.74. The number of hydrogen-bond donors (Lipinski definition) is 2. The molecule has 0 heterocycles. The van der Waals surface area contributed by atoms with E-state index in [4.69, 9.17) is 9.47 Å². The summed E-state index contributed by atoms with van der Waals surface area (Å²) < 4.78 is 23.7. The summed E-state index contributed by atoms with van der Waals surface area (Å²) in [6.45, 7) is 2.72. The van der Waals surface area contributed by atoms with Gasteiger partial charge < -0.3 is 19.7 Å². The molecule has 1 N–H and O–H groups in total. The molecular formula is C22H28FN3O3S. The van der Waals surface area contributed by atoms with E-state index in [0.717, 1.165) is 24.9 Å². The second kappa shape index (κ2) is 12.1. The average Bonchev–Trinajstić information content (AvgIpc) is 2.76. The molecule has 2 rings (SSSR count). The van der Waals surface area contributed by atoms with E-state index in [9.17, 15) is 9.18 Å². The number of aliphatic imine (C=N–C) groups is 1. The van der Waals surface area contributed by atoms with Gasteiger partial charge in [0.25, 0.3) is 0 Å². The third-order valence-electron chi connectivity index (χ3n) is 4.42. The molecular weight excluding hydrogens is 405 g/mol. The molecule has 0 bridgehead atoms. The number of thiol groups is 1. The van der Waals surface area contributed by atoms with Crippen LogP contribution in [-0.4, -0.2) is 38.4 Å². The molecule has 2 aromatic carbocycles. The van der Waals surface area contributed by atoms with E-state index in [-0.39, 0.29) is 23.4 Å². The highest BCUT2D eigenvalue weighted by atomic mass is 32.1. The van der Waals surface area contributed by atoms with E-state index in [1.54, 1.807) is 31.3 Å². The monoisotopic (exact) mass is 433 g/mol. The van der Waals surface area contributed by atoms with Crippen molar-refractivity contribution in [3.63, 3.8) is 0 Å². The van der Waals surface area contributed by atoms with Gasteiger partial charge in [-0.25, -0.2) is 9.38 Å². The van der Waals surface area contributed by atoms with Crippen LogP contribution in [0.5, 0.6) is 11.5 Å². The minimum absolute atomic E-state index is 0.0179. The van der Waals surface area contributed by atoms with Gasteiger partial charge in [0.1, 0.15) is 5.82 Å². The van der Waals surface area contributed by atoms with Gasteiger partial charge >= 0.3 is 0 Å². The summed E-state index contributed by atoms with van der Waals surface area (Å²) >= 11 is 4.28. The molecule has 0 aliphatic carbocycles. The molecule has 2 aromatic rings. The van der Waals surface area contributed by atoms with Crippen molar-refractivity contribution in [1.82, 2.24) is 5.32 Å². The van der Waals surface area contributed by atoms with E-state index < -0.39 is 0 Å². The highest BCUT2D eigenvalue weighted by Gasteiger charge is 2.17. The highest BCUT2D eigenvalue weighted by molar-refractivity contribution is 7.96. The van der Waals surface area contributed by atoms with E-state index in [0.29, 0.717) is 23.7 Å². The Morgan fingerprint density at radius 2 is 1.80 bits per heavy atom. The fourth-order valence-corrected chi connectivity index (χ4v) is 3.03. The number of rotatable bonds is 10. The summed E-state index contributed by atoms with van der Waals surface area (Å²) in [5.74, 6) is 0.697. The number of halogens is 1. The Labute approximate surface area is 182 Å². The van der Waals surface area contributed by atoms with E-state index in [1.165, 1.54) is 24.3 Å². The second-order valence-electron chi connectivity index (χ2n) is 6.56.